The van der Waals surface area contributed by atoms with Crippen LogP contribution in [0.1, 0.15) is 40.9 Å². The summed E-state index contributed by atoms with van der Waals surface area (Å²) in [6, 6.07) is 8.32. The molecule has 1 saturated heterocycles. The number of ether oxygens (including phenoxy) is 1. The molecule has 4 rings (SSSR count). The predicted octanol–water partition coefficient (Wildman–Crippen LogP) is 4.10. The minimum Gasteiger partial charge on any atom is -0.479 e. The van der Waals surface area contributed by atoms with Crippen LogP contribution in [-0.2, 0) is 6.61 Å². The third kappa shape index (κ3) is 3.42. The van der Waals surface area contributed by atoms with Crippen molar-refractivity contribution in [2.45, 2.75) is 25.5 Å². The van der Waals surface area contributed by atoms with Crippen LogP contribution in [0.25, 0.3) is 0 Å². The highest BCUT2D eigenvalue weighted by atomic mass is 19.1. The summed E-state index contributed by atoms with van der Waals surface area (Å²) in [5, 5.41) is 3.77. The van der Waals surface area contributed by atoms with Crippen molar-refractivity contribution in [2.75, 3.05) is 6.54 Å². The van der Waals surface area contributed by atoms with Crippen LogP contribution in [0.2, 0.25) is 0 Å². The van der Waals surface area contributed by atoms with Crippen LogP contribution in [0.5, 0.6) is 5.75 Å². The second kappa shape index (κ2) is 7.22. The fourth-order valence-corrected chi connectivity index (χ4v) is 3.18. The molecule has 140 valence electrons. The summed E-state index contributed by atoms with van der Waals surface area (Å²) in [4.78, 5) is 14.4. The molecule has 6 nitrogen and oxygen atoms in total. The lowest BCUT2D eigenvalue weighted by atomic mass is 10.1. The number of benzene rings is 1. The molecule has 0 bridgehead atoms. The van der Waals surface area contributed by atoms with E-state index in [0.717, 1.165) is 30.7 Å². The van der Waals surface area contributed by atoms with Gasteiger partial charge in [-0.05, 0) is 37.1 Å². The molecule has 0 N–H and O–H groups in total. The Hall–Kier alpha value is -3.16. The molecule has 3 aromatic rings. The van der Waals surface area contributed by atoms with Crippen LogP contribution in [0.4, 0.5) is 8.78 Å². The van der Waals surface area contributed by atoms with Crippen molar-refractivity contribution in [1.29, 1.82) is 0 Å². The van der Waals surface area contributed by atoms with Crippen LogP contribution in [0.3, 0.4) is 0 Å². The van der Waals surface area contributed by atoms with Gasteiger partial charge in [0.25, 0.3) is 5.91 Å². The first-order valence-electron chi connectivity index (χ1n) is 8.50. The Bertz CT molecular complexity index is 919. The highest BCUT2D eigenvalue weighted by Gasteiger charge is 2.33. The van der Waals surface area contributed by atoms with Crippen LogP contribution >= 0.6 is 0 Å². The monoisotopic (exact) mass is 374 g/mol. The van der Waals surface area contributed by atoms with E-state index in [9.17, 15) is 13.6 Å². The Morgan fingerprint density at radius 2 is 2.07 bits per heavy atom. The van der Waals surface area contributed by atoms with Crippen molar-refractivity contribution in [3.05, 3.63) is 71.5 Å². The number of carbonyl (C=O) groups excluding carboxylic acids is 1. The van der Waals surface area contributed by atoms with E-state index in [2.05, 4.69) is 5.16 Å². The van der Waals surface area contributed by atoms with E-state index in [4.69, 9.17) is 13.7 Å². The molecule has 0 spiro atoms. The molecule has 1 fully saturated rings. The fourth-order valence-electron chi connectivity index (χ4n) is 3.18. The lowest BCUT2D eigenvalue weighted by Gasteiger charge is -2.21. The fraction of sp³-hybridized carbons (Fsp3) is 0.263. The van der Waals surface area contributed by atoms with Gasteiger partial charge in [0, 0.05) is 12.6 Å². The third-order valence-electron chi connectivity index (χ3n) is 4.44. The second-order valence-corrected chi connectivity index (χ2v) is 6.19. The molecule has 1 aromatic carbocycles. The topological polar surface area (TPSA) is 68.7 Å². The summed E-state index contributed by atoms with van der Waals surface area (Å²) in [5.74, 6) is -1.51. The van der Waals surface area contributed by atoms with Crippen LogP contribution in [-0.4, -0.2) is 22.5 Å². The van der Waals surface area contributed by atoms with Crippen molar-refractivity contribution in [2.24, 2.45) is 0 Å². The molecule has 0 saturated carbocycles. The lowest BCUT2D eigenvalue weighted by Crippen LogP contribution is -2.30. The number of rotatable bonds is 5. The lowest BCUT2D eigenvalue weighted by molar-refractivity contribution is 0.0709. The molecular formula is C19H16F2N2O4. The average Bonchev–Trinajstić information content (AvgIpc) is 3.40. The van der Waals surface area contributed by atoms with E-state index in [1.165, 1.54) is 12.1 Å². The second-order valence-electron chi connectivity index (χ2n) is 6.19. The van der Waals surface area contributed by atoms with Gasteiger partial charge in [-0.2, -0.15) is 0 Å². The molecule has 0 radical (unpaired) electrons. The summed E-state index contributed by atoms with van der Waals surface area (Å²) >= 11 is 0. The van der Waals surface area contributed by atoms with Gasteiger partial charge in [-0.3, -0.25) is 4.79 Å². The highest BCUT2D eigenvalue weighted by molar-refractivity contribution is 5.92. The number of carbonyl (C=O) groups is 1. The van der Waals surface area contributed by atoms with E-state index in [1.807, 2.05) is 6.07 Å². The first-order chi connectivity index (χ1) is 13.1. The zero-order chi connectivity index (χ0) is 18.8. The third-order valence-corrected chi connectivity index (χ3v) is 4.44. The van der Waals surface area contributed by atoms with E-state index >= 15 is 0 Å². The van der Waals surface area contributed by atoms with Crippen LogP contribution < -0.4 is 4.74 Å². The number of amides is 1. The van der Waals surface area contributed by atoms with Crippen LogP contribution in [0.15, 0.2) is 51.6 Å². The first kappa shape index (κ1) is 17.3. The smallest absolute Gasteiger partial charge is 0.276 e. The SMILES string of the molecule is O=C(c1cc(COc2c(F)cccc2F)on1)N1CCC[C@@H]1c1ccco1. The standard InChI is InChI=1S/C19H16F2N2O4/c20-13-4-1-5-14(21)18(13)26-11-12-10-15(22-27-12)19(24)23-8-2-6-16(23)17-7-3-9-25-17/h1,3-5,7,9-10,16H,2,6,8,11H2/t16-/m1/s1. The van der Waals surface area contributed by atoms with Crippen molar-refractivity contribution in [1.82, 2.24) is 10.1 Å². The van der Waals surface area contributed by atoms with E-state index in [0.29, 0.717) is 6.54 Å². The molecule has 0 unspecified atom stereocenters. The quantitative estimate of drug-likeness (QED) is 0.672. The normalized spacial score (nSPS) is 16.7. The van der Waals surface area contributed by atoms with E-state index in [1.54, 1.807) is 17.2 Å². The van der Waals surface area contributed by atoms with Gasteiger partial charge in [0.15, 0.2) is 28.8 Å². The Labute approximate surface area is 153 Å². The number of hydrogen-bond acceptors (Lipinski definition) is 5. The number of hydrogen-bond donors (Lipinski definition) is 0. The number of likely N-dealkylation sites (tertiary alicyclic amines) is 1. The van der Waals surface area contributed by atoms with Gasteiger partial charge in [0.2, 0.25) is 0 Å². The highest BCUT2D eigenvalue weighted by Crippen LogP contribution is 2.33. The van der Waals surface area contributed by atoms with Crippen molar-refractivity contribution < 1.29 is 27.3 Å². The summed E-state index contributed by atoms with van der Waals surface area (Å²) < 4.78 is 42.8. The van der Waals surface area contributed by atoms with Crippen LogP contribution in [0, 0.1) is 11.6 Å². The molecule has 1 amide bonds. The molecule has 1 atom stereocenters. The first-order valence-corrected chi connectivity index (χ1v) is 8.50. The number of para-hydroxylation sites is 1. The van der Waals surface area contributed by atoms with Gasteiger partial charge in [-0.1, -0.05) is 11.2 Å². The molecule has 1 aliphatic heterocycles. The Morgan fingerprint density at radius 1 is 1.26 bits per heavy atom. The van der Waals surface area contributed by atoms with E-state index in [-0.39, 0.29) is 30.0 Å². The molecule has 1 aliphatic rings. The van der Waals surface area contributed by atoms with Gasteiger partial charge >= 0.3 is 0 Å². The maximum atomic E-state index is 13.6. The maximum Gasteiger partial charge on any atom is 0.276 e. The van der Waals surface area contributed by atoms with Gasteiger partial charge in [0.05, 0.1) is 12.3 Å². The maximum absolute atomic E-state index is 13.6. The molecule has 8 heteroatoms. The number of aromatic nitrogens is 1. The van der Waals surface area contributed by atoms with Gasteiger partial charge in [-0.25, -0.2) is 8.78 Å². The van der Waals surface area contributed by atoms with Gasteiger partial charge in [-0.15, -0.1) is 0 Å². The van der Waals surface area contributed by atoms with Crippen molar-refractivity contribution >= 4 is 5.91 Å². The molecule has 2 aromatic heterocycles. The minimum atomic E-state index is -0.816. The zero-order valence-electron chi connectivity index (χ0n) is 14.2. The Balaban J connectivity index is 1.45. The number of nitrogens with zero attached hydrogens (tertiary/aromatic N) is 2. The Kier molecular flexibility index (Phi) is 4.62. The van der Waals surface area contributed by atoms with Gasteiger partial charge in [0.1, 0.15) is 12.4 Å². The number of halogens is 2. The minimum absolute atomic E-state index is 0.112. The summed E-state index contributed by atoms with van der Waals surface area (Å²) in [6.45, 7) is 0.336. The van der Waals surface area contributed by atoms with Crippen molar-refractivity contribution in [3.8, 4) is 5.75 Å². The summed E-state index contributed by atoms with van der Waals surface area (Å²) in [7, 11) is 0. The zero-order valence-corrected chi connectivity index (χ0v) is 14.2. The number of furan rings is 1. The average molecular weight is 374 g/mol. The van der Waals surface area contributed by atoms with Gasteiger partial charge < -0.3 is 18.6 Å². The largest absolute Gasteiger partial charge is 0.479 e. The molecular weight excluding hydrogens is 358 g/mol. The summed E-state index contributed by atoms with van der Waals surface area (Å²) in [6.07, 6.45) is 3.24. The van der Waals surface area contributed by atoms with Crippen molar-refractivity contribution in [3.63, 3.8) is 0 Å². The predicted molar refractivity (Wildman–Crippen MR) is 88.9 cm³/mol. The molecule has 3 heterocycles. The molecule has 0 aliphatic carbocycles. The Morgan fingerprint density at radius 3 is 2.81 bits per heavy atom. The summed E-state index contributed by atoms with van der Waals surface area (Å²) in [5.41, 5.74) is 0.112. The van der Waals surface area contributed by atoms with E-state index < -0.39 is 17.4 Å². The molecule has 27 heavy (non-hydrogen) atoms.